The van der Waals surface area contributed by atoms with E-state index in [9.17, 15) is 27.0 Å². The summed E-state index contributed by atoms with van der Waals surface area (Å²) in [5.74, 6) is -0.821. The molecular weight excluding hydrogens is 475 g/mol. The fourth-order valence-corrected chi connectivity index (χ4v) is 5.27. The maximum absolute atomic E-state index is 12.1. The van der Waals surface area contributed by atoms with Crippen molar-refractivity contribution in [3.63, 3.8) is 0 Å². The first kappa shape index (κ1) is 24.4. The van der Waals surface area contributed by atoms with E-state index >= 15 is 0 Å². The van der Waals surface area contributed by atoms with Gasteiger partial charge < -0.3 is 10.2 Å². The van der Waals surface area contributed by atoms with Crippen molar-refractivity contribution in [1.82, 2.24) is 0 Å². The number of nitrogens with one attached hydrogen (secondary N) is 2. The molecule has 4 N–H and O–H groups in total. The maximum atomic E-state index is 12.1. The quantitative estimate of drug-likeness (QED) is 0.272. The van der Waals surface area contributed by atoms with Gasteiger partial charge in [0.2, 0.25) is 20.0 Å². The lowest BCUT2D eigenvalue weighted by atomic mass is 10.2. The maximum Gasteiger partial charge on any atom is 0.232 e. The van der Waals surface area contributed by atoms with Gasteiger partial charge in [-0.25, -0.2) is 16.8 Å². The Morgan fingerprint density at radius 1 is 0.667 bits per heavy atom. The van der Waals surface area contributed by atoms with Gasteiger partial charge in [-0.15, -0.1) is 0 Å². The van der Waals surface area contributed by atoms with Crippen molar-refractivity contribution < 1.29 is 27.0 Å². The van der Waals surface area contributed by atoms with Gasteiger partial charge in [0.25, 0.3) is 0 Å². The third-order valence-corrected chi connectivity index (χ3v) is 7.21. The van der Waals surface area contributed by atoms with E-state index in [1.807, 2.05) is 0 Å². The topological polar surface area (TPSA) is 133 Å². The summed E-state index contributed by atoms with van der Waals surface area (Å²) in [4.78, 5) is 0. The van der Waals surface area contributed by atoms with Crippen molar-refractivity contribution >= 4 is 54.6 Å². The minimum absolute atomic E-state index is 0.00364. The summed E-state index contributed by atoms with van der Waals surface area (Å²) in [5.41, 5.74) is 0.00729. The normalized spacial score (nSPS) is 11.9. The Morgan fingerprint density at radius 2 is 1.03 bits per heavy atom. The average molecular weight is 497 g/mol. The lowest BCUT2D eigenvalue weighted by Crippen LogP contribution is -2.17. The van der Waals surface area contributed by atoms with Gasteiger partial charge in [-0.05, 0) is 49.2 Å². The van der Waals surface area contributed by atoms with E-state index in [0.29, 0.717) is 25.7 Å². The van der Waals surface area contributed by atoms with Crippen molar-refractivity contribution in [3.05, 3.63) is 46.4 Å². The van der Waals surface area contributed by atoms with Gasteiger partial charge >= 0.3 is 0 Å². The Bertz CT molecular complexity index is 1000. The van der Waals surface area contributed by atoms with Crippen molar-refractivity contribution in [3.8, 4) is 11.5 Å². The second kappa shape index (κ2) is 10.4. The number of hydrogen-bond donors (Lipinski definition) is 4. The zero-order valence-corrected chi connectivity index (χ0v) is 19.0. The molecule has 0 aliphatic carbocycles. The highest BCUT2D eigenvalue weighted by Crippen LogP contribution is 2.28. The van der Waals surface area contributed by atoms with Crippen molar-refractivity contribution in [2.45, 2.75) is 25.7 Å². The molecule has 0 aliphatic rings. The Kier molecular flexibility index (Phi) is 8.48. The molecule has 8 nitrogen and oxygen atoms in total. The molecule has 2 aromatic carbocycles. The van der Waals surface area contributed by atoms with Gasteiger partial charge in [-0.3, -0.25) is 9.44 Å². The molecule has 0 atom stereocenters. The van der Waals surface area contributed by atoms with E-state index in [0.717, 1.165) is 0 Å². The SMILES string of the molecule is O=S(=O)(CCCCCCS(=O)(=O)Nc1cc(Cl)ccc1O)Nc1cc(Cl)ccc1O. The first-order chi connectivity index (χ1) is 14.0. The van der Waals surface area contributed by atoms with Gasteiger partial charge in [-0.1, -0.05) is 36.0 Å². The molecule has 0 heterocycles. The summed E-state index contributed by atoms with van der Waals surface area (Å²) in [7, 11) is -7.36. The summed E-state index contributed by atoms with van der Waals surface area (Å²) in [6, 6.07) is 8.07. The van der Waals surface area contributed by atoms with E-state index in [1.165, 1.54) is 36.4 Å². The molecule has 0 fully saturated rings. The van der Waals surface area contributed by atoms with Crippen LogP contribution in [0.1, 0.15) is 25.7 Å². The molecule has 0 amide bonds. The zero-order valence-electron chi connectivity index (χ0n) is 15.8. The fraction of sp³-hybridized carbons (Fsp3) is 0.333. The zero-order chi connectivity index (χ0) is 22.4. The van der Waals surface area contributed by atoms with Crippen LogP contribution in [0.15, 0.2) is 36.4 Å². The first-order valence-electron chi connectivity index (χ1n) is 8.95. The summed E-state index contributed by atoms with van der Waals surface area (Å²) >= 11 is 11.6. The predicted molar refractivity (Wildman–Crippen MR) is 120 cm³/mol. The molecule has 0 aromatic heterocycles. The number of aromatic hydroxyl groups is 2. The molecule has 0 spiro atoms. The molecule has 166 valence electrons. The van der Waals surface area contributed by atoms with E-state index in [4.69, 9.17) is 23.2 Å². The van der Waals surface area contributed by atoms with Crippen LogP contribution in [0.4, 0.5) is 11.4 Å². The Morgan fingerprint density at radius 3 is 1.40 bits per heavy atom. The van der Waals surface area contributed by atoms with E-state index in [2.05, 4.69) is 9.44 Å². The summed E-state index contributed by atoms with van der Waals surface area (Å²) in [5, 5.41) is 19.9. The third kappa shape index (κ3) is 8.10. The van der Waals surface area contributed by atoms with Crippen LogP contribution in [-0.2, 0) is 20.0 Å². The molecule has 0 unspecified atom stereocenters. The van der Waals surface area contributed by atoms with Gasteiger partial charge in [0.15, 0.2) is 0 Å². The van der Waals surface area contributed by atoms with Crippen LogP contribution in [0.5, 0.6) is 11.5 Å². The number of halogens is 2. The summed E-state index contributed by atoms with van der Waals surface area (Å²) < 4.78 is 53.0. The number of phenols is 2. The van der Waals surface area contributed by atoms with Gasteiger partial charge in [0.05, 0.1) is 22.9 Å². The highest BCUT2D eigenvalue weighted by molar-refractivity contribution is 7.93. The fourth-order valence-electron chi connectivity index (χ4n) is 2.55. The highest BCUT2D eigenvalue weighted by atomic mass is 35.5. The van der Waals surface area contributed by atoms with Crippen LogP contribution in [0.3, 0.4) is 0 Å². The molecular formula is C18H22Cl2N2O6S2. The Hall–Kier alpha value is -1.88. The minimum Gasteiger partial charge on any atom is -0.506 e. The highest BCUT2D eigenvalue weighted by Gasteiger charge is 2.15. The number of unbranched alkanes of at least 4 members (excludes halogenated alkanes) is 3. The van der Waals surface area contributed by atoms with Crippen molar-refractivity contribution in [1.29, 1.82) is 0 Å². The molecule has 2 rings (SSSR count). The van der Waals surface area contributed by atoms with Crippen molar-refractivity contribution in [2.24, 2.45) is 0 Å². The van der Waals surface area contributed by atoms with Crippen LogP contribution >= 0.6 is 23.2 Å². The van der Waals surface area contributed by atoms with Crippen LogP contribution in [0.25, 0.3) is 0 Å². The van der Waals surface area contributed by atoms with Crippen LogP contribution in [-0.4, -0.2) is 38.6 Å². The van der Waals surface area contributed by atoms with E-state index in [-0.39, 0.29) is 44.4 Å². The number of hydrogen-bond acceptors (Lipinski definition) is 6. The summed E-state index contributed by atoms with van der Waals surface area (Å²) in [6.07, 6.45) is 1.64. The molecule has 0 radical (unpaired) electrons. The van der Waals surface area contributed by atoms with Gasteiger partial charge in [0, 0.05) is 10.0 Å². The average Bonchev–Trinajstić information content (AvgIpc) is 2.63. The molecule has 0 saturated heterocycles. The number of anilines is 2. The van der Waals surface area contributed by atoms with Gasteiger partial charge in [-0.2, -0.15) is 0 Å². The standard InChI is InChI=1S/C18H22Cl2N2O6S2/c19-13-5-7-17(23)15(11-13)21-29(25,26)9-3-1-2-4-10-30(27,28)22-16-12-14(20)6-8-18(16)24/h5-8,11-12,21-24H,1-4,9-10H2. The molecule has 12 heteroatoms. The van der Waals surface area contributed by atoms with Crippen LogP contribution in [0.2, 0.25) is 10.0 Å². The van der Waals surface area contributed by atoms with Gasteiger partial charge in [0.1, 0.15) is 11.5 Å². The largest absolute Gasteiger partial charge is 0.506 e. The third-order valence-electron chi connectivity index (χ3n) is 4.02. The van der Waals surface area contributed by atoms with E-state index in [1.54, 1.807) is 0 Å². The van der Waals surface area contributed by atoms with Crippen molar-refractivity contribution in [2.75, 3.05) is 20.9 Å². The number of rotatable bonds is 11. The monoisotopic (exact) mass is 496 g/mol. The minimum atomic E-state index is -3.68. The van der Waals surface area contributed by atoms with Crippen LogP contribution in [0, 0.1) is 0 Å². The number of phenolic OH excluding ortho intramolecular Hbond substituents is 2. The Balaban J connectivity index is 1.74. The smallest absolute Gasteiger partial charge is 0.232 e. The molecule has 0 bridgehead atoms. The molecule has 0 aliphatic heterocycles. The molecule has 0 saturated carbocycles. The second-order valence-corrected chi connectivity index (χ2v) is 11.1. The molecule has 2 aromatic rings. The second-order valence-electron chi connectivity index (χ2n) is 6.58. The molecule has 30 heavy (non-hydrogen) atoms. The Labute approximate surface area is 185 Å². The first-order valence-corrected chi connectivity index (χ1v) is 13.0. The van der Waals surface area contributed by atoms with Crippen LogP contribution < -0.4 is 9.44 Å². The lowest BCUT2D eigenvalue weighted by Gasteiger charge is -2.11. The number of benzene rings is 2. The lowest BCUT2D eigenvalue weighted by molar-refractivity contribution is 0.477. The van der Waals surface area contributed by atoms with E-state index < -0.39 is 20.0 Å². The predicted octanol–water partition coefficient (Wildman–Crippen LogP) is 4.15. The number of sulfonamides is 2. The summed E-state index contributed by atoms with van der Waals surface area (Å²) in [6.45, 7) is 0.